The molecule has 2 N–H and O–H groups in total. The van der Waals surface area contributed by atoms with Crippen LogP contribution in [0.2, 0.25) is 0 Å². The van der Waals surface area contributed by atoms with Crippen LogP contribution in [0.15, 0.2) is 12.2 Å². The van der Waals surface area contributed by atoms with Gasteiger partial charge in [-0.1, -0.05) is 18.6 Å². The zero-order valence-electron chi connectivity index (χ0n) is 11.8. The van der Waals surface area contributed by atoms with E-state index in [2.05, 4.69) is 12.2 Å². The summed E-state index contributed by atoms with van der Waals surface area (Å²) < 4.78 is 6.48. The molecular formula is C17H27NO. The summed E-state index contributed by atoms with van der Waals surface area (Å²) in [5.74, 6) is 3.22. The highest BCUT2D eigenvalue weighted by Crippen LogP contribution is 2.45. The fourth-order valence-corrected chi connectivity index (χ4v) is 5.23. The fraction of sp³-hybridized carbons (Fsp3) is 0.882. The maximum Gasteiger partial charge on any atom is 0.0647 e. The van der Waals surface area contributed by atoms with E-state index in [4.69, 9.17) is 10.5 Å². The molecule has 2 nitrogen and oxygen atoms in total. The Balaban J connectivity index is 1.35. The van der Waals surface area contributed by atoms with Crippen molar-refractivity contribution in [3.63, 3.8) is 0 Å². The first kappa shape index (κ1) is 12.4. The first-order valence-corrected chi connectivity index (χ1v) is 8.39. The Bertz CT molecular complexity index is 366. The Hall–Kier alpha value is -0.340. The zero-order valence-corrected chi connectivity index (χ0v) is 11.8. The van der Waals surface area contributed by atoms with Crippen molar-refractivity contribution >= 4 is 0 Å². The van der Waals surface area contributed by atoms with Crippen molar-refractivity contribution in [2.24, 2.45) is 29.4 Å². The van der Waals surface area contributed by atoms with Gasteiger partial charge in [-0.05, 0) is 62.7 Å². The van der Waals surface area contributed by atoms with Gasteiger partial charge in [0.25, 0.3) is 0 Å². The van der Waals surface area contributed by atoms with Crippen LogP contribution in [0.3, 0.4) is 0 Å². The first-order chi connectivity index (χ1) is 9.29. The average Bonchev–Trinajstić information content (AvgIpc) is 3.01. The van der Waals surface area contributed by atoms with Crippen LogP contribution in [-0.4, -0.2) is 18.2 Å². The van der Waals surface area contributed by atoms with Gasteiger partial charge in [-0.2, -0.15) is 0 Å². The molecule has 3 fully saturated rings. The molecule has 0 aliphatic heterocycles. The van der Waals surface area contributed by atoms with E-state index >= 15 is 0 Å². The largest absolute Gasteiger partial charge is 0.374 e. The topological polar surface area (TPSA) is 35.2 Å². The van der Waals surface area contributed by atoms with E-state index in [9.17, 15) is 0 Å². The average molecular weight is 261 g/mol. The predicted molar refractivity (Wildman–Crippen MR) is 76.7 cm³/mol. The summed E-state index contributed by atoms with van der Waals surface area (Å²) in [7, 11) is 0. The molecule has 4 rings (SSSR count). The molecule has 0 aromatic rings. The summed E-state index contributed by atoms with van der Waals surface area (Å²) in [6.45, 7) is 0. The van der Waals surface area contributed by atoms with Gasteiger partial charge in [-0.15, -0.1) is 0 Å². The molecule has 7 unspecified atom stereocenters. The smallest absolute Gasteiger partial charge is 0.0647 e. The lowest BCUT2D eigenvalue weighted by atomic mass is 9.68. The Morgan fingerprint density at radius 3 is 2.68 bits per heavy atom. The number of hydrogen-bond acceptors (Lipinski definition) is 2. The molecule has 0 spiro atoms. The second-order valence-corrected chi connectivity index (χ2v) is 7.41. The van der Waals surface area contributed by atoms with E-state index in [0.29, 0.717) is 18.2 Å². The molecule has 3 saturated carbocycles. The van der Waals surface area contributed by atoms with Crippen LogP contribution in [0.25, 0.3) is 0 Å². The minimum absolute atomic E-state index is 0.477. The highest BCUT2D eigenvalue weighted by molar-refractivity contribution is 5.11. The summed E-state index contributed by atoms with van der Waals surface area (Å²) in [6, 6.07) is 0.477. The molecule has 4 aliphatic carbocycles. The van der Waals surface area contributed by atoms with E-state index < -0.39 is 0 Å². The van der Waals surface area contributed by atoms with Crippen LogP contribution in [0.5, 0.6) is 0 Å². The molecule has 2 bridgehead atoms. The molecule has 2 heteroatoms. The van der Waals surface area contributed by atoms with Crippen LogP contribution in [-0.2, 0) is 4.74 Å². The molecule has 0 aromatic heterocycles. The molecule has 7 atom stereocenters. The third kappa shape index (κ3) is 2.27. The molecule has 19 heavy (non-hydrogen) atoms. The molecule has 4 aliphatic rings. The predicted octanol–water partition coefficient (Wildman–Crippen LogP) is 3.26. The van der Waals surface area contributed by atoms with Gasteiger partial charge in [0.2, 0.25) is 0 Å². The number of allylic oxidation sites excluding steroid dienone is 1. The Kier molecular flexibility index (Phi) is 3.19. The van der Waals surface area contributed by atoms with Crippen LogP contribution in [0, 0.1) is 23.7 Å². The Morgan fingerprint density at radius 2 is 1.89 bits per heavy atom. The highest BCUT2D eigenvalue weighted by Gasteiger charge is 2.41. The van der Waals surface area contributed by atoms with Crippen molar-refractivity contribution in [1.82, 2.24) is 0 Å². The van der Waals surface area contributed by atoms with Crippen molar-refractivity contribution in [2.45, 2.75) is 69.6 Å². The van der Waals surface area contributed by atoms with E-state index in [1.54, 1.807) is 0 Å². The lowest BCUT2D eigenvalue weighted by Gasteiger charge is -2.43. The number of nitrogens with two attached hydrogens (primary N) is 1. The van der Waals surface area contributed by atoms with Crippen LogP contribution < -0.4 is 5.73 Å². The van der Waals surface area contributed by atoms with Gasteiger partial charge in [0.1, 0.15) is 0 Å². The van der Waals surface area contributed by atoms with Gasteiger partial charge >= 0.3 is 0 Å². The van der Waals surface area contributed by atoms with Crippen molar-refractivity contribution < 1.29 is 4.74 Å². The second-order valence-electron chi connectivity index (χ2n) is 7.41. The summed E-state index contributed by atoms with van der Waals surface area (Å²) in [5.41, 5.74) is 6.30. The maximum atomic E-state index is 6.48. The number of fused-ring (bicyclic) bond motifs is 3. The normalized spacial score (nSPS) is 52.4. The lowest BCUT2D eigenvalue weighted by molar-refractivity contribution is -0.0674. The van der Waals surface area contributed by atoms with E-state index in [1.165, 1.54) is 51.4 Å². The monoisotopic (exact) mass is 261 g/mol. The molecule has 106 valence electrons. The number of hydrogen-bond donors (Lipinski definition) is 1. The number of rotatable bonds is 2. The van der Waals surface area contributed by atoms with E-state index in [0.717, 1.165) is 23.7 Å². The Morgan fingerprint density at radius 1 is 0.947 bits per heavy atom. The molecule has 0 radical (unpaired) electrons. The standard InChI is InChI=1S/C17H27NO/c18-16-3-1-2-12-10-14(6-7-15(12)16)19-17-9-11-4-5-13(17)8-11/h4-5,11-17H,1-3,6-10,18H2. The van der Waals surface area contributed by atoms with Crippen molar-refractivity contribution in [2.75, 3.05) is 0 Å². The molecule has 0 aromatic carbocycles. The van der Waals surface area contributed by atoms with Crippen LogP contribution in [0.4, 0.5) is 0 Å². The summed E-state index contributed by atoms with van der Waals surface area (Å²) >= 11 is 0. The molecule has 0 heterocycles. The number of ether oxygens (including phenoxy) is 1. The third-order valence-electron chi connectivity index (χ3n) is 6.24. The molecular weight excluding hydrogens is 234 g/mol. The summed E-state index contributed by atoms with van der Waals surface area (Å²) in [5, 5.41) is 0. The van der Waals surface area contributed by atoms with Crippen molar-refractivity contribution in [3.05, 3.63) is 12.2 Å². The summed E-state index contributed by atoms with van der Waals surface area (Å²) in [6.07, 6.45) is 16.4. The van der Waals surface area contributed by atoms with Gasteiger partial charge in [0, 0.05) is 12.0 Å². The minimum atomic E-state index is 0.477. The SMILES string of the molecule is NC1CCCC2CC(OC3CC4C=CC3C4)CCC12. The zero-order chi connectivity index (χ0) is 12.8. The molecule has 0 amide bonds. The minimum Gasteiger partial charge on any atom is -0.374 e. The maximum absolute atomic E-state index is 6.48. The van der Waals surface area contributed by atoms with Gasteiger partial charge in [0.15, 0.2) is 0 Å². The van der Waals surface area contributed by atoms with Crippen molar-refractivity contribution in [1.29, 1.82) is 0 Å². The first-order valence-electron chi connectivity index (χ1n) is 8.39. The highest BCUT2D eigenvalue weighted by atomic mass is 16.5. The van der Waals surface area contributed by atoms with Gasteiger partial charge in [-0.3, -0.25) is 0 Å². The van der Waals surface area contributed by atoms with Crippen LogP contribution >= 0.6 is 0 Å². The van der Waals surface area contributed by atoms with Crippen molar-refractivity contribution in [3.8, 4) is 0 Å². The Labute approximate surface area is 116 Å². The quantitative estimate of drug-likeness (QED) is 0.774. The van der Waals surface area contributed by atoms with Crippen LogP contribution in [0.1, 0.15) is 51.4 Å². The van der Waals surface area contributed by atoms with Gasteiger partial charge in [-0.25, -0.2) is 0 Å². The van der Waals surface area contributed by atoms with E-state index in [-0.39, 0.29) is 0 Å². The van der Waals surface area contributed by atoms with Gasteiger partial charge in [0.05, 0.1) is 12.2 Å². The third-order valence-corrected chi connectivity index (χ3v) is 6.24. The summed E-state index contributed by atoms with van der Waals surface area (Å²) in [4.78, 5) is 0. The van der Waals surface area contributed by atoms with Gasteiger partial charge < -0.3 is 10.5 Å². The molecule has 0 saturated heterocycles. The second kappa shape index (κ2) is 4.89. The van der Waals surface area contributed by atoms with E-state index in [1.807, 2.05) is 0 Å². The lowest BCUT2D eigenvalue weighted by Crippen LogP contribution is -2.44. The fourth-order valence-electron chi connectivity index (χ4n) is 5.23.